The van der Waals surface area contributed by atoms with Gasteiger partial charge in [-0.05, 0) is 30.2 Å². The molecule has 0 radical (unpaired) electrons. The Bertz CT molecular complexity index is 492. The topological polar surface area (TPSA) is 35.6 Å². The Morgan fingerprint density at radius 3 is 2.80 bits per heavy atom. The lowest BCUT2D eigenvalue weighted by Crippen LogP contribution is -2.47. The van der Waals surface area contributed by atoms with Crippen LogP contribution in [0.25, 0.3) is 0 Å². The molecular weight excluding hydrogens is 250 g/mol. The molecule has 3 rings (SSSR count). The molecule has 1 aromatic rings. The van der Waals surface area contributed by atoms with E-state index in [-0.39, 0.29) is 0 Å². The van der Waals surface area contributed by atoms with Crippen molar-refractivity contribution in [2.24, 2.45) is 0 Å². The van der Waals surface area contributed by atoms with Crippen LogP contribution in [0.2, 0.25) is 0 Å². The Morgan fingerprint density at radius 1 is 1.20 bits per heavy atom. The lowest BCUT2D eigenvalue weighted by atomic mass is 9.99. The SMILES string of the molecule is CN1CCN(C(=O)CCc2cccc3c2CNC3)CC1. The lowest BCUT2D eigenvalue weighted by molar-refractivity contribution is -0.132. The van der Waals surface area contributed by atoms with Crippen molar-refractivity contribution in [2.75, 3.05) is 33.2 Å². The Hall–Kier alpha value is -1.39. The van der Waals surface area contributed by atoms with Gasteiger partial charge in [-0.25, -0.2) is 0 Å². The van der Waals surface area contributed by atoms with Crippen LogP contribution in [0.3, 0.4) is 0 Å². The fourth-order valence-electron chi connectivity index (χ4n) is 3.09. The fourth-order valence-corrected chi connectivity index (χ4v) is 3.09. The van der Waals surface area contributed by atoms with E-state index >= 15 is 0 Å². The second kappa shape index (κ2) is 5.94. The number of carbonyl (C=O) groups excluding carboxylic acids is 1. The Kier molecular flexibility index (Phi) is 4.03. The number of carbonyl (C=O) groups is 1. The maximum Gasteiger partial charge on any atom is 0.222 e. The van der Waals surface area contributed by atoms with Crippen LogP contribution in [0.4, 0.5) is 0 Å². The second-order valence-corrected chi connectivity index (χ2v) is 5.84. The molecule has 0 bridgehead atoms. The van der Waals surface area contributed by atoms with Gasteiger partial charge >= 0.3 is 0 Å². The minimum atomic E-state index is 0.307. The zero-order chi connectivity index (χ0) is 13.9. The highest BCUT2D eigenvalue weighted by Gasteiger charge is 2.20. The van der Waals surface area contributed by atoms with Crippen molar-refractivity contribution in [2.45, 2.75) is 25.9 Å². The molecule has 0 spiro atoms. The molecule has 1 fully saturated rings. The first-order valence-electron chi connectivity index (χ1n) is 7.51. The number of likely N-dealkylation sites (N-methyl/N-ethyl adjacent to an activating group) is 1. The number of nitrogens with zero attached hydrogens (tertiary/aromatic N) is 2. The molecule has 4 nitrogen and oxygen atoms in total. The maximum atomic E-state index is 12.3. The van der Waals surface area contributed by atoms with Crippen LogP contribution >= 0.6 is 0 Å². The smallest absolute Gasteiger partial charge is 0.222 e. The van der Waals surface area contributed by atoms with Crippen molar-refractivity contribution in [3.05, 3.63) is 34.9 Å². The molecule has 20 heavy (non-hydrogen) atoms. The van der Waals surface area contributed by atoms with Crippen LogP contribution in [0.1, 0.15) is 23.1 Å². The highest BCUT2D eigenvalue weighted by molar-refractivity contribution is 5.76. The first-order valence-corrected chi connectivity index (χ1v) is 7.51. The van der Waals surface area contributed by atoms with Gasteiger partial charge in [0.1, 0.15) is 0 Å². The molecule has 0 aromatic heterocycles. The van der Waals surface area contributed by atoms with Crippen LogP contribution in [-0.2, 0) is 24.3 Å². The normalized spacial score (nSPS) is 19.1. The van der Waals surface area contributed by atoms with E-state index in [4.69, 9.17) is 0 Å². The van der Waals surface area contributed by atoms with E-state index in [2.05, 4.69) is 35.5 Å². The zero-order valence-corrected chi connectivity index (χ0v) is 12.2. The van der Waals surface area contributed by atoms with Gasteiger partial charge in [0, 0.05) is 45.7 Å². The molecule has 2 heterocycles. The van der Waals surface area contributed by atoms with Gasteiger partial charge in [0.05, 0.1) is 0 Å². The predicted octanol–water partition coefficient (Wildman–Crippen LogP) is 0.996. The summed E-state index contributed by atoms with van der Waals surface area (Å²) in [6.45, 7) is 5.67. The van der Waals surface area contributed by atoms with E-state index in [1.54, 1.807) is 0 Å². The molecular formula is C16H23N3O. The van der Waals surface area contributed by atoms with Crippen molar-refractivity contribution >= 4 is 5.91 Å². The average Bonchev–Trinajstić information content (AvgIpc) is 2.94. The molecule has 4 heteroatoms. The molecule has 2 aliphatic heterocycles. The van der Waals surface area contributed by atoms with E-state index in [1.165, 1.54) is 16.7 Å². The van der Waals surface area contributed by atoms with Gasteiger partial charge in [-0.3, -0.25) is 4.79 Å². The molecule has 108 valence electrons. The standard InChI is InChI=1S/C16H23N3O/c1-18-7-9-19(10-8-18)16(20)6-5-13-3-2-4-14-11-17-12-15(13)14/h2-4,17H,5-12H2,1H3. The van der Waals surface area contributed by atoms with Crippen LogP contribution < -0.4 is 5.32 Å². The molecule has 0 aliphatic carbocycles. The third-order valence-corrected chi connectivity index (χ3v) is 4.45. The first-order chi connectivity index (χ1) is 9.74. The number of hydrogen-bond acceptors (Lipinski definition) is 3. The van der Waals surface area contributed by atoms with Gasteiger partial charge < -0.3 is 15.1 Å². The fraction of sp³-hybridized carbons (Fsp3) is 0.562. The summed E-state index contributed by atoms with van der Waals surface area (Å²) in [5.41, 5.74) is 4.16. The Morgan fingerprint density at radius 2 is 2.00 bits per heavy atom. The Balaban J connectivity index is 1.57. The number of nitrogens with one attached hydrogen (secondary N) is 1. The van der Waals surface area contributed by atoms with Gasteiger partial charge in [0.2, 0.25) is 5.91 Å². The second-order valence-electron chi connectivity index (χ2n) is 5.84. The number of piperazine rings is 1. The molecule has 2 aliphatic rings. The van der Waals surface area contributed by atoms with Gasteiger partial charge in [-0.15, -0.1) is 0 Å². The van der Waals surface area contributed by atoms with Crippen LogP contribution in [0.5, 0.6) is 0 Å². The first kappa shape index (κ1) is 13.6. The van der Waals surface area contributed by atoms with Crippen molar-refractivity contribution in [3.63, 3.8) is 0 Å². The summed E-state index contributed by atoms with van der Waals surface area (Å²) in [4.78, 5) is 16.6. The maximum absolute atomic E-state index is 12.3. The van der Waals surface area contributed by atoms with Crippen LogP contribution in [0, 0.1) is 0 Å². The van der Waals surface area contributed by atoms with Gasteiger partial charge in [-0.1, -0.05) is 18.2 Å². The van der Waals surface area contributed by atoms with E-state index in [1.807, 2.05) is 4.90 Å². The van der Waals surface area contributed by atoms with E-state index in [0.717, 1.165) is 45.7 Å². The molecule has 1 N–H and O–H groups in total. The van der Waals surface area contributed by atoms with E-state index in [9.17, 15) is 4.79 Å². The summed E-state index contributed by atoms with van der Waals surface area (Å²) in [5, 5.41) is 3.38. The monoisotopic (exact) mass is 273 g/mol. The highest BCUT2D eigenvalue weighted by atomic mass is 16.2. The summed E-state index contributed by atoms with van der Waals surface area (Å²) in [5.74, 6) is 0.307. The number of benzene rings is 1. The van der Waals surface area contributed by atoms with Crippen molar-refractivity contribution in [1.82, 2.24) is 15.1 Å². The van der Waals surface area contributed by atoms with Crippen LogP contribution in [0.15, 0.2) is 18.2 Å². The third-order valence-electron chi connectivity index (χ3n) is 4.45. The van der Waals surface area contributed by atoms with E-state index < -0.39 is 0 Å². The summed E-state index contributed by atoms with van der Waals surface area (Å²) in [7, 11) is 2.11. The van der Waals surface area contributed by atoms with Gasteiger partial charge in [-0.2, -0.15) is 0 Å². The molecule has 0 unspecified atom stereocenters. The molecule has 1 saturated heterocycles. The van der Waals surface area contributed by atoms with Gasteiger partial charge in [0.15, 0.2) is 0 Å². The Labute approximate surface area is 120 Å². The lowest BCUT2D eigenvalue weighted by Gasteiger charge is -2.32. The molecule has 0 saturated carbocycles. The molecule has 1 amide bonds. The predicted molar refractivity (Wildman–Crippen MR) is 79.4 cm³/mol. The quantitative estimate of drug-likeness (QED) is 0.892. The van der Waals surface area contributed by atoms with Crippen molar-refractivity contribution < 1.29 is 4.79 Å². The largest absolute Gasteiger partial charge is 0.340 e. The summed E-state index contributed by atoms with van der Waals surface area (Å²) >= 11 is 0. The highest BCUT2D eigenvalue weighted by Crippen LogP contribution is 2.21. The zero-order valence-electron chi connectivity index (χ0n) is 12.2. The number of amides is 1. The third kappa shape index (κ3) is 2.86. The minimum absolute atomic E-state index is 0.307. The van der Waals surface area contributed by atoms with Gasteiger partial charge in [0.25, 0.3) is 0 Å². The summed E-state index contributed by atoms with van der Waals surface area (Å²) in [6, 6.07) is 6.46. The number of aryl methyl sites for hydroxylation is 1. The average molecular weight is 273 g/mol. The summed E-state index contributed by atoms with van der Waals surface area (Å²) in [6.07, 6.45) is 1.51. The van der Waals surface area contributed by atoms with Crippen LogP contribution in [-0.4, -0.2) is 48.9 Å². The minimum Gasteiger partial charge on any atom is -0.340 e. The number of rotatable bonds is 3. The number of hydrogen-bond donors (Lipinski definition) is 1. The van der Waals surface area contributed by atoms with Crippen molar-refractivity contribution in [1.29, 1.82) is 0 Å². The number of fused-ring (bicyclic) bond motifs is 1. The van der Waals surface area contributed by atoms with E-state index in [0.29, 0.717) is 12.3 Å². The molecule has 1 aromatic carbocycles. The summed E-state index contributed by atoms with van der Waals surface area (Å²) < 4.78 is 0. The molecule has 0 atom stereocenters. The van der Waals surface area contributed by atoms with Crippen molar-refractivity contribution in [3.8, 4) is 0 Å².